The molecule has 1 aromatic carbocycles. The number of aryl methyl sites for hydroxylation is 1. The van der Waals surface area contributed by atoms with Gasteiger partial charge in [-0.3, -0.25) is 9.59 Å². The first-order valence-corrected chi connectivity index (χ1v) is 11.6. The van der Waals surface area contributed by atoms with Gasteiger partial charge in [-0.2, -0.15) is 0 Å². The second kappa shape index (κ2) is 8.05. The van der Waals surface area contributed by atoms with Gasteiger partial charge in [0.25, 0.3) is 0 Å². The second-order valence-electron chi connectivity index (χ2n) is 9.95. The first-order valence-electron chi connectivity index (χ1n) is 11.6. The molecule has 0 spiro atoms. The van der Waals surface area contributed by atoms with E-state index in [4.69, 9.17) is 0 Å². The van der Waals surface area contributed by atoms with E-state index in [2.05, 4.69) is 41.5 Å². The molecule has 6 heteroatoms. The zero-order valence-electron chi connectivity index (χ0n) is 18.2. The van der Waals surface area contributed by atoms with Crippen molar-refractivity contribution in [2.45, 2.75) is 57.8 Å². The van der Waals surface area contributed by atoms with E-state index in [-0.39, 0.29) is 35.4 Å². The van der Waals surface area contributed by atoms with Gasteiger partial charge in [0, 0.05) is 24.3 Å². The summed E-state index contributed by atoms with van der Waals surface area (Å²) in [6.07, 6.45) is 6.25. The first-order chi connectivity index (χ1) is 15.4. The van der Waals surface area contributed by atoms with Crippen LogP contribution in [0.1, 0.15) is 62.5 Å². The summed E-state index contributed by atoms with van der Waals surface area (Å²) in [7, 11) is 0. The van der Waals surface area contributed by atoms with Crippen molar-refractivity contribution in [2.75, 3.05) is 5.32 Å². The number of carbonyl (C=O) groups excluding carboxylic acids is 2. The number of nitrogens with zero attached hydrogens (tertiary/aromatic N) is 1. The highest BCUT2D eigenvalue weighted by Crippen LogP contribution is 2.62. The summed E-state index contributed by atoms with van der Waals surface area (Å²) in [5.74, 6) is -0.592. The van der Waals surface area contributed by atoms with Crippen LogP contribution in [0, 0.1) is 34.8 Å². The lowest BCUT2D eigenvalue weighted by atomic mass is 9.54. The van der Waals surface area contributed by atoms with E-state index >= 15 is 0 Å². The maximum absolute atomic E-state index is 13.8. The summed E-state index contributed by atoms with van der Waals surface area (Å²) in [5, 5.41) is 2.45. The van der Waals surface area contributed by atoms with Crippen molar-refractivity contribution in [3.63, 3.8) is 0 Å². The highest BCUT2D eigenvalue weighted by Gasteiger charge is 2.58. The van der Waals surface area contributed by atoms with E-state index in [1.54, 1.807) is 0 Å². The number of halogens is 2. The Labute approximate surface area is 186 Å². The van der Waals surface area contributed by atoms with Crippen molar-refractivity contribution in [3.8, 4) is 0 Å². The molecule has 0 saturated heterocycles. The average molecular weight is 439 g/mol. The molecule has 1 N–H and O–H groups in total. The van der Waals surface area contributed by atoms with Crippen LogP contribution < -0.4 is 5.32 Å². The van der Waals surface area contributed by atoms with Gasteiger partial charge in [-0.15, -0.1) is 0 Å². The average Bonchev–Trinajstić information content (AvgIpc) is 3.04. The quantitative estimate of drug-likeness (QED) is 0.693. The number of aromatic nitrogens is 1. The lowest BCUT2D eigenvalue weighted by Gasteiger charge is -2.50. The minimum absolute atomic E-state index is 0.155. The zero-order chi connectivity index (χ0) is 22.5. The Balaban J connectivity index is 1.31. The number of hydrogen-bond acceptors (Lipinski definition) is 3. The van der Waals surface area contributed by atoms with Gasteiger partial charge < -0.3 is 5.32 Å². The molecule has 2 fully saturated rings. The molecule has 5 rings (SSSR count). The molecule has 2 saturated carbocycles. The summed E-state index contributed by atoms with van der Waals surface area (Å²) in [5.41, 5.74) is 2.57. The molecular weight excluding hydrogens is 410 g/mol. The number of amides is 1. The van der Waals surface area contributed by atoms with Crippen LogP contribution in [-0.2, 0) is 16.0 Å². The summed E-state index contributed by atoms with van der Waals surface area (Å²) in [4.78, 5) is 29.2. The fourth-order valence-corrected chi connectivity index (χ4v) is 6.86. The number of nitrogens with one attached hydrogen (secondary N) is 1. The summed E-state index contributed by atoms with van der Waals surface area (Å²) < 4.78 is 26.9. The molecule has 32 heavy (non-hydrogen) atoms. The van der Waals surface area contributed by atoms with Crippen LogP contribution in [0.5, 0.6) is 0 Å². The van der Waals surface area contributed by atoms with Crippen LogP contribution in [-0.4, -0.2) is 16.7 Å². The van der Waals surface area contributed by atoms with Crippen LogP contribution in [0.25, 0.3) is 0 Å². The van der Waals surface area contributed by atoms with Crippen LogP contribution in [0.4, 0.5) is 14.6 Å². The number of Topliss-reactive ketones (excluding diaryl/α,β-unsaturated/α-hetero) is 1. The number of pyridine rings is 1. The summed E-state index contributed by atoms with van der Waals surface area (Å²) in [6.45, 7) is 2.13. The highest BCUT2D eigenvalue weighted by molar-refractivity contribution is 5.90. The number of anilines is 1. The number of ketones is 1. The van der Waals surface area contributed by atoms with Gasteiger partial charge in [0.15, 0.2) is 11.6 Å². The van der Waals surface area contributed by atoms with Crippen LogP contribution >= 0.6 is 0 Å². The van der Waals surface area contributed by atoms with Gasteiger partial charge >= 0.3 is 0 Å². The lowest BCUT2D eigenvalue weighted by molar-refractivity contribution is -0.129. The topological polar surface area (TPSA) is 59.1 Å². The Morgan fingerprint density at radius 2 is 2.06 bits per heavy atom. The molecule has 3 aliphatic rings. The predicted molar refractivity (Wildman–Crippen MR) is 117 cm³/mol. The number of carbonyl (C=O) groups is 2. The van der Waals surface area contributed by atoms with E-state index in [0.717, 1.165) is 31.9 Å². The zero-order valence-corrected chi connectivity index (χ0v) is 18.2. The second-order valence-corrected chi connectivity index (χ2v) is 9.95. The molecule has 1 heterocycles. The monoisotopic (exact) mass is 438 g/mol. The Bertz CT molecular complexity index is 1070. The molecule has 5 atom stereocenters. The number of rotatable bonds is 4. The Morgan fingerprint density at radius 1 is 1.25 bits per heavy atom. The molecule has 0 bridgehead atoms. The molecule has 4 nitrogen and oxygen atoms in total. The Morgan fingerprint density at radius 3 is 2.88 bits per heavy atom. The number of hydrogen-bond donors (Lipinski definition) is 1. The molecule has 2 aromatic rings. The molecule has 168 valence electrons. The van der Waals surface area contributed by atoms with Crippen molar-refractivity contribution in [1.29, 1.82) is 0 Å². The molecule has 0 aliphatic heterocycles. The Hall–Kier alpha value is -2.63. The van der Waals surface area contributed by atoms with E-state index in [1.807, 2.05) is 0 Å². The maximum atomic E-state index is 13.8. The van der Waals surface area contributed by atoms with Crippen molar-refractivity contribution in [2.24, 2.45) is 23.2 Å². The van der Waals surface area contributed by atoms with E-state index in [1.165, 1.54) is 11.1 Å². The minimum atomic E-state index is -0.891. The summed E-state index contributed by atoms with van der Waals surface area (Å²) in [6, 6.07) is 9.39. The third-order valence-corrected chi connectivity index (χ3v) is 8.29. The normalized spacial score (nSPS) is 30.9. The molecule has 0 radical (unpaired) electrons. The molecule has 3 unspecified atom stereocenters. The minimum Gasteiger partial charge on any atom is -0.308 e. The highest BCUT2D eigenvalue weighted by atomic mass is 19.1. The van der Waals surface area contributed by atoms with E-state index < -0.39 is 11.6 Å². The smallest absolute Gasteiger partial charge is 0.225 e. The van der Waals surface area contributed by atoms with Gasteiger partial charge in [0.1, 0.15) is 11.6 Å². The van der Waals surface area contributed by atoms with Gasteiger partial charge in [0.2, 0.25) is 5.91 Å². The lowest BCUT2D eigenvalue weighted by Crippen LogP contribution is -2.44. The molecule has 1 amide bonds. The van der Waals surface area contributed by atoms with Crippen molar-refractivity contribution in [1.82, 2.24) is 4.98 Å². The Kier molecular flexibility index (Phi) is 5.34. The van der Waals surface area contributed by atoms with Crippen molar-refractivity contribution in [3.05, 3.63) is 59.3 Å². The summed E-state index contributed by atoms with van der Waals surface area (Å²) >= 11 is 0. The van der Waals surface area contributed by atoms with Gasteiger partial charge in [-0.05, 0) is 66.9 Å². The fourth-order valence-electron chi connectivity index (χ4n) is 6.86. The van der Waals surface area contributed by atoms with Gasteiger partial charge in [-0.25, -0.2) is 13.8 Å². The maximum Gasteiger partial charge on any atom is 0.225 e. The molecule has 1 aromatic heterocycles. The van der Waals surface area contributed by atoms with E-state index in [9.17, 15) is 18.4 Å². The van der Waals surface area contributed by atoms with Crippen LogP contribution in [0.3, 0.4) is 0 Å². The fraction of sp³-hybridized carbons (Fsp3) is 0.500. The first kappa shape index (κ1) is 21.2. The van der Waals surface area contributed by atoms with Crippen LogP contribution in [0.2, 0.25) is 0 Å². The van der Waals surface area contributed by atoms with Gasteiger partial charge in [-0.1, -0.05) is 31.2 Å². The van der Waals surface area contributed by atoms with E-state index in [0.29, 0.717) is 36.5 Å². The van der Waals surface area contributed by atoms with Gasteiger partial charge in [0.05, 0.1) is 6.20 Å². The SMILES string of the molecule is C[C@]12CCC3c4ccccc4CCC3C1[C@H](CCC(=O)Nc1ncc(F)cc1F)CC2=O. The third kappa shape index (κ3) is 3.54. The number of fused-ring (bicyclic) bond motifs is 5. The van der Waals surface area contributed by atoms with Crippen molar-refractivity contribution >= 4 is 17.5 Å². The predicted octanol–water partition coefficient (Wildman–Crippen LogP) is 5.43. The molecular formula is C26H28F2N2O2. The third-order valence-electron chi connectivity index (χ3n) is 8.29. The van der Waals surface area contributed by atoms with Crippen molar-refractivity contribution < 1.29 is 18.4 Å². The largest absolute Gasteiger partial charge is 0.308 e. The van der Waals surface area contributed by atoms with Crippen LogP contribution in [0.15, 0.2) is 36.5 Å². The number of benzene rings is 1. The standard InChI is InChI=1S/C26H28F2N2O2/c1-26-11-10-19-18-5-3-2-4-15(18)6-8-20(19)24(26)16(12-22(26)31)7-9-23(32)30-25-21(28)13-17(27)14-29-25/h2-5,13-14,16,19-20,24H,6-12H2,1H3,(H,29,30,32)/t16-,19?,20?,24?,26-/m1/s1. The molecule has 3 aliphatic carbocycles.